The largest absolute Gasteiger partial charge is 0.378 e. The first-order chi connectivity index (χ1) is 12.2. The van der Waals surface area contributed by atoms with Crippen LogP contribution >= 0.6 is 0 Å². The molecule has 4 rings (SSSR count). The van der Waals surface area contributed by atoms with Crippen LogP contribution in [-0.2, 0) is 4.74 Å². The Hall–Kier alpha value is -2.22. The van der Waals surface area contributed by atoms with Crippen molar-refractivity contribution in [3.8, 4) is 0 Å². The molecule has 1 atom stereocenters. The minimum atomic E-state index is 0.115. The Balaban J connectivity index is 1.57. The molecule has 0 amide bonds. The number of rotatable bonds is 4. The van der Waals surface area contributed by atoms with Crippen molar-refractivity contribution in [1.82, 2.24) is 20.1 Å². The average Bonchev–Trinajstić information content (AvgIpc) is 3.32. The van der Waals surface area contributed by atoms with Gasteiger partial charge in [-0.2, -0.15) is 4.98 Å². The Labute approximate surface area is 147 Å². The summed E-state index contributed by atoms with van der Waals surface area (Å²) in [4.78, 5) is 18.0. The zero-order chi connectivity index (χ0) is 17.2. The van der Waals surface area contributed by atoms with Gasteiger partial charge in [-0.3, -0.25) is 0 Å². The first kappa shape index (κ1) is 16.3. The molecule has 0 bridgehead atoms. The van der Waals surface area contributed by atoms with Gasteiger partial charge >= 0.3 is 0 Å². The smallest absolute Gasteiger partial charge is 0.229 e. The van der Waals surface area contributed by atoms with Gasteiger partial charge in [-0.15, -0.1) is 0 Å². The molecule has 8 nitrogen and oxygen atoms in total. The van der Waals surface area contributed by atoms with Crippen LogP contribution < -0.4 is 9.80 Å². The lowest BCUT2D eigenvalue weighted by atomic mass is 10.2. The molecule has 134 valence electrons. The number of aromatic nitrogens is 4. The molecule has 0 aromatic carbocycles. The summed E-state index contributed by atoms with van der Waals surface area (Å²) in [6, 6.07) is 2.18. The fraction of sp³-hybridized carbons (Fsp3) is 0.647. The number of nitrogens with zero attached hydrogens (tertiary/aromatic N) is 6. The van der Waals surface area contributed by atoms with E-state index in [1.54, 1.807) is 6.33 Å². The monoisotopic (exact) mass is 344 g/mol. The summed E-state index contributed by atoms with van der Waals surface area (Å²) in [5.41, 5.74) is 0. The Morgan fingerprint density at radius 1 is 1.12 bits per heavy atom. The number of hydrogen-bond acceptors (Lipinski definition) is 8. The second-order valence-electron chi connectivity index (χ2n) is 6.83. The van der Waals surface area contributed by atoms with Gasteiger partial charge in [-0.25, -0.2) is 9.97 Å². The highest BCUT2D eigenvalue weighted by Crippen LogP contribution is 2.35. The molecule has 1 unspecified atom stereocenters. The molecular weight excluding hydrogens is 320 g/mol. The fourth-order valence-electron chi connectivity index (χ4n) is 3.39. The van der Waals surface area contributed by atoms with Gasteiger partial charge in [0, 0.05) is 31.6 Å². The van der Waals surface area contributed by atoms with E-state index in [4.69, 9.17) is 9.26 Å². The van der Waals surface area contributed by atoms with Crippen LogP contribution in [0.15, 0.2) is 16.9 Å². The molecule has 0 N–H and O–H groups in total. The Kier molecular flexibility index (Phi) is 4.52. The van der Waals surface area contributed by atoms with E-state index >= 15 is 0 Å². The van der Waals surface area contributed by atoms with Crippen molar-refractivity contribution >= 4 is 11.6 Å². The molecule has 0 radical (unpaired) electrons. The summed E-state index contributed by atoms with van der Waals surface area (Å²) < 4.78 is 10.8. The van der Waals surface area contributed by atoms with E-state index in [1.165, 1.54) is 0 Å². The maximum absolute atomic E-state index is 5.43. The van der Waals surface area contributed by atoms with Crippen molar-refractivity contribution in [1.29, 1.82) is 0 Å². The highest BCUT2D eigenvalue weighted by atomic mass is 16.5. The predicted molar refractivity (Wildman–Crippen MR) is 92.8 cm³/mol. The number of morpholine rings is 1. The molecular formula is C17H24N6O2. The summed E-state index contributed by atoms with van der Waals surface area (Å²) in [6.45, 7) is 8.27. The van der Waals surface area contributed by atoms with Crippen molar-refractivity contribution in [2.24, 2.45) is 0 Å². The van der Waals surface area contributed by atoms with E-state index in [0.717, 1.165) is 63.1 Å². The van der Waals surface area contributed by atoms with Crippen LogP contribution in [0.3, 0.4) is 0 Å². The maximum atomic E-state index is 5.43. The molecule has 0 aliphatic carbocycles. The van der Waals surface area contributed by atoms with Crippen molar-refractivity contribution in [2.75, 3.05) is 42.6 Å². The summed E-state index contributed by atoms with van der Waals surface area (Å²) in [5, 5.41) is 4.21. The minimum Gasteiger partial charge on any atom is -0.378 e. The van der Waals surface area contributed by atoms with Crippen LogP contribution in [0.25, 0.3) is 0 Å². The maximum Gasteiger partial charge on any atom is 0.229 e. The topological polar surface area (TPSA) is 80.4 Å². The summed E-state index contributed by atoms with van der Waals surface area (Å²) in [7, 11) is 0. The van der Waals surface area contributed by atoms with Crippen LogP contribution in [-0.4, -0.2) is 53.0 Å². The predicted octanol–water partition coefficient (Wildman–Crippen LogP) is 2.16. The molecule has 8 heteroatoms. The third-order valence-electron chi connectivity index (χ3n) is 4.77. The third kappa shape index (κ3) is 3.30. The van der Waals surface area contributed by atoms with E-state index in [0.29, 0.717) is 5.89 Å². The van der Waals surface area contributed by atoms with Gasteiger partial charge in [0.1, 0.15) is 18.0 Å². The van der Waals surface area contributed by atoms with Crippen LogP contribution in [0.4, 0.5) is 11.6 Å². The molecule has 2 aliphatic heterocycles. The van der Waals surface area contributed by atoms with Gasteiger partial charge in [0.05, 0.1) is 19.3 Å². The summed E-state index contributed by atoms with van der Waals surface area (Å²) in [6.07, 6.45) is 3.74. The van der Waals surface area contributed by atoms with Gasteiger partial charge in [-0.1, -0.05) is 19.0 Å². The zero-order valence-corrected chi connectivity index (χ0v) is 14.8. The van der Waals surface area contributed by atoms with Crippen LogP contribution in [0.2, 0.25) is 0 Å². The Bertz CT molecular complexity index is 713. The number of hydrogen-bond donors (Lipinski definition) is 0. The van der Waals surface area contributed by atoms with E-state index < -0.39 is 0 Å². The normalized spacial score (nSPS) is 21.3. The van der Waals surface area contributed by atoms with Crippen LogP contribution in [0, 0.1) is 0 Å². The quantitative estimate of drug-likeness (QED) is 0.835. The Morgan fingerprint density at radius 3 is 2.68 bits per heavy atom. The summed E-state index contributed by atoms with van der Waals surface area (Å²) >= 11 is 0. The Morgan fingerprint density at radius 2 is 1.92 bits per heavy atom. The molecule has 0 saturated carbocycles. The molecule has 2 aliphatic rings. The molecule has 0 spiro atoms. The van der Waals surface area contributed by atoms with E-state index in [2.05, 4.69) is 49.8 Å². The van der Waals surface area contributed by atoms with Crippen LogP contribution in [0.5, 0.6) is 0 Å². The molecule has 2 aromatic rings. The molecule has 2 fully saturated rings. The van der Waals surface area contributed by atoms with Crippen molar-refractivity contribution in [3.05, 3.63) is 24.1 Å². The minimum absolute atomic E-state index is 0.115. The number of ether oxygens (including phenoxy) is 1. The van der Waals surface area contributed by atoms with Gasteiger partial charge in [0.15, 0.2) is 5.82 Å². The first-order valence-electron chi connectivity index (χ1n) is 8.97. The summed E-state index contributed by atoms with van der Waals surface area (Å²) in [5.74, 6) is 3.57. The molecule has 2 saturated heterocycles. The lowest BCUT2D eigenvalue weighted by Crippen LogP contribution is -2.37. The number of anilines is 2. The van der Waals surface area contributed by atoms with Crippen LogP contribution in [0.1, 0.15) is 50.4 Å². The van der Waals surface area contributed by atoms with E-state index in [1.807, 2.05) is 0 Å². The first-order valence-corrected chi connectivity index (χ1v) is 8.97. The average molecular weight is 344 g/mol. The molecule has 4 heterocycles. The lowest BCUT2D eigenvalue weighted by Gasteiger charge is -2.29. The second kappa shape index (κ2) is 6.95. The van der Waals surface area contributed by atoms with Gasteiger partial charge in [0.25, 0.3) is 0 Å². The van der Waals surface area contributed by atoms with Crippen molar-refractivity contribution < 1.29 is 9.26 Å². The fourth-order valence-corrected chi connectivity index (χ4v) is 3.39. The highest BCUT2D eigenvalue weighted by Gasteiger charge is 2.31. The van der Waals surface area contributed by atoms with E-state index in [-0.39, 0.29) is 12.0 Å². The third-order valence-corrected chi connectivity index (χ3v) is 4.77. The SMILES string of the molecule is CC(C)c1nc(C2CCCN2c2cc(N3CCOCC3)ncn2)no1. The molecule has 25 heavy (non-hydrogen) atoms. The van der Waals surface area contributed by atoms with Crippen molar-refractivity contribution in [2.45, 2.75) is 38.6 Å². The van der Waals surface area contributed by atoms with E-state index in [9.17, 15) is 0 Å². The van der Waals surface area contributed by atoms with Crippen molar-refractivity contribution in [3.63, 3.8) is 0 Å². The highest BCUT2D eigenvalue weighted by molar-refractivity contribution is 5.51. The van der Waals surface area contributed by atoms with Gasteiger partial charge < -0.3 is 19.1 Å². The zero-order valence-electron chi connectivity index (χ0n) is 14.8. The lowest BCUT2D eigenvalue weighted by molar-refractivity contribution is 0.122. The standard InChI is InChI=1S/C17H24N6O2/c1-12(2)17-20-16(21-25-17)13-4-3-5-23(13)15-10-14(18-11-19-15)22-6-8-24-9-7-22/h10-13H,3-9H2,1-2H3. The molecule has 2 aromatic heterocycles. The van der Waals surface area contributed by atoms with Gasteiger partial charge in [-0.05, 0) is 12.8 Å². The van der Waals surface area contributed by atoms with Gasteiger partial charge in [0.2, 0.25) is 5.89 Å². The second-order valence-corrected chi connectivity index (χ2v) is 6.83.